The van der Waals surface area contributed by atoms with E-state index in [0.29, 0.717) is 18.1 Å². The van der Waals surface area contributed by atoms with Gasteiger partial charge in [-0.25, -0.2) is 9.67 Å². The SMILES string of the molecule is O=C(Cn1nc(-c2ccncc2)ccc1=O)N(Cc1ccccc1)c1ccccn1. The molecule has 0 N–H and O–H groups in total. The van der Waals surface area contributed by atoms with E-state index in [4.69, 9.17) is 0 Å². The average Bonchev–Trinajstić information content (AvgIpc) is 2.80. The molecule has 0 bridgehead atoms. The highest BCUT2D eigenvalue weighted by molar-refractivity contribution is 5.92. The largest absolute Gasteiger partial charge is 0.291 e. The average molecular weight is 397 g/mol. The van der Waals surface area contributed by atoms with Crippen molar-refractivity contribution in [1.29, 1.82) is 0 Å². The van der Waals surface area contributed by atoms with E-state index in [0.717, 1.165) is 11.1 Å². The third kappa shape index (κ3) is 4.47. The van der Waals surface area contributed by atoms with Crippen LogP contribution in [-0.2, 0) is 17.9 Å². The van der Waals surface area contributed by atoms with Crippen LogP contribution in [0.2, 0.25) is 0 Å². The Bertz CT molecular complexity index is 1180. The Kier molecular flexibility index (Phi) is 5.70. The first kappa shape index (κ1) is 19.2. The molecule has 3 heterocycles. The van der Waals surface area contributed by atoms with Crippen LogP contribution in [0.25, 0.3) is 11.3 Å². The maximum atomic E-state index is 13.2. The molecule has 7 nitrogen and oxygen atoms in total. The van der Waals surface area contributed by atoms with Gasteiger partial charge in [-0.15, -0.1) is 0 Å². The van der Waals surface area contributed by atoms with E-state index in [1.54, 1.807) is 53.8 Å². The molecular formula is C23H19N5O2. The minimum Gasteiger partial charge on any atom is -0.291 e. The van der Waals surface area contributed by atoms with E-state index in [9.17, 15) is 9.59 Å². The molecule has 0 spiro atoms. The Morgan fingerprint density at radius 3 is 2.37 bits per heavy atom. The maximum Gasteiger partial charge on any atom is 0.267 e. The number of pyridine rings is 2. The van der Waals surface area contributed by atoms with Crippen molar-refractivity contribution in [3.63, 3.8) is 0 Å². The first-order valence-electron chi connectivity index (χ1n) is 9.44. The Morgan fingerprint density at radius 2 is 1.63 bits per heavy atom. The highest BCUT2D eigenvalue weighted by Crippen LogP contribution is 2.16. The smallest absolute Gasteiger partial charge is 0.267 e. The summed E-state index contributed by atoms with van der Waals surface area (Å²) in [5.74, 6) is 0.240. The van der Waals surface area contributed by atoms with Gasteiger partial charge in [-0.1, -0.05) is 36.4 Å². The second-order valence-corrected chi connectivity index (χ2v) is 6.60. The number of rotatable bonds is 6. The molecule has 0 radical (unpaired) electrons. The number of anilines is 1. The molecule has 30 heavy (non-hydrogen) atoms. The zero-order valence-electron chi connectivity index (χ0n) is 16.1. The quantitative estimate of drug-likeness (QED) is 0.500. The Labute approximate surface area is 173 Å². The summed E-state index contributed by atoms with van der Waals surface area (Å²) in [6.07, 6.45) is 4.94. The van der Waals surface area contributed by atoms with Crippen LogP contribution in [0.1, 0.15) is 5.56 Å². The zero-order chi connectivity index (χ0) is 20.8. The summed E-state index contributed by atoms with van der Waals surface area (Å²) in [5.41, 5.74) is 2.03. The lowest BCUT2D eigenvalue weighted by Crippen LogP contribution is -2.37. The first-order chi connectivity index (χ1) is 14.7. The highest BCUT2D eigenvalue weighted by Gasteiger charge is 2.19. The topological polar surface area (TPSA) is 81.0 Å². The molecule has 4 aromatic rings. The highest BCUT2D eigenvalue weighted by atomic mass is 16.2. The summed E-state index contributed by atoms with van der Waals surface area (Å²) in [6.45, 7) is 0.149. The van der Waals surface area contributed by atoms with Gasteiger partial charge in [-0.2, -0.15) is 5.10 Å². The minimum absolute atomic E-state index is 0.193. The molecule has 1 aromatic carbocycles. The van der Waals surface area contributed by atoms with Crippen molar-refractivity contribution in [2.45, 2.75) is 13.1 Å². The van der Waals surface area contributed by atoms with Crippen LogP contribution in [0.5, 0.6) is 0 Å². The van der Waals surface area contributed by atoms with Gasteiger partial charge in [-0.05, 0) is 35.9 Å². The third-order valence-corrected chi connectivity index (χ3v) is 4.54. The van der Waals surface area contributed by atoms with Crippen LogP contribution in [-0.4, -0.2) is 25.7 Å². The molecule has 7 heteroatoms. The second-order valence-electron chi connectivity index (χ2n) is 6.60. The molecule has 0 aliphatic carbocycles. The maximum absolute atomic E-state index is 13.2. The number of amides is 1. The first-order valence-corrected chi connectivity index (χ1v) is 9.44. The van der Waals surface area contributed by atoms with Crippen LogP contribution in [0.3, 0.4) is 0 Å². The molecule has 0 fully saturated rings. The number of aromatic nitrogens is 4. The van der Waals surface area contributed by atoms with E-state index in [1.807, 2.05) is 36.4 Å². The molecule has 0 atom stereocenters. The minimum atomic E-state index is -0.346. The zero-order valence-corrected chi connectivity index (χ0v) is 16.1. The molecular weight excluding hydrogens is 378 g/mol. The van der Waals surface area contributed by atoms with Gasteiger partial charge in [0.15, 0.2) is 0 Å². The fourth-order valence-corrected chi connectivity index (χ4v) is 3.03. The Hall–Kier alpha value is -4.13. The monoisotopic (exact) mass is 397 g/mol. The molecule has 0 aliphatic heterocycles. The summed E-state index contributed by atoms with van der Waals surface area (Å²) in [7, 11) is 0. The number of carbonyl (C=O) groups is 1. The van der Waals surface area contributed by atoms with Crippen molar-refractivity contribution in [3.8, 4) is 11.3 Å². The lowest BCUT2D eigenvalue weighted by atomic mass is 10.2. The summed E-state index contributed by atoms with van der Waals surface area (Å²) in [4.78, 5) is 35.4. The standard InChI is InChI=1S/C23H19N5O2/c29-22-10-9-20(19-11-14-24-15-12-19)26-28(22)17-23(30)27(21-8-4-5-13-25-21)16-18-6-2-1-3-7-18/h1-15H,16-17H2. The van der Waals surface area contributed by atoms with Gasteiger partial charge in [0.25, 0.3) is 5.56 Å². The summed E-state index contributed by atoms with van der Waals surface area (Å²) < 4.78 is 1.18. The van der Waals surface area contributed by atoms with Crippen LogP contribution < -0.4 is 10.5 Å². The van der Waals surface area contributed by atoms with Gasteiger partial charge in [0.2, 0.25) is 5.91 Å². The van der Waals surface area contributed by atoms with Crippen LogP contribution >= 0.6 is 0 Å². The predicted molar refractivity (Wildman–Crippen MR) is 114 cm³/mol. The lowest BCUT2D eigenvalue weighted by Gasteiger charge is -2.22. The van der Waals surface area contributed by atoms with Crippen LogP contribution in [0.15, 0.2) is 96.2 Å². The van der Waals surface area contributed by atoms with Crippen molar-refractivity contribution in [2.75, 3.05) is 4.90 Å². The van der Waals surface area contributed by atoms with Crippen molar-refractivity contribution in [1.82, 2.24) is 19.7 Å². The van der Waals surface area contributed by atoms with Crippen molar-refractivity contribution < 1.29 is 4.79 Å². The predicted octanol–water partition coefficient (Wildman–Crippen LogP) is 2.93. The normalized spacial score (nSPS) is 10.5. The van der Waals surface area contributed by atoms with E-state index in [2.05, 4.69) is 15.1 Å². The van der Waals surface area contributed by atoms with E-state index in [-0.39, 0.29) is 18.0 Å². The van der Waals surface area contributed by atoms with Crippen LogP contribution in [0.4, 0.5) is 5.82 Å². The molecule has 3 aromatic heterocycles. The number of benzene rings is 1. The molecule has 0 unspecified atom stereocenters. The molecule has 4 rings (SSSR count). The Balaban J connectivity index is 1.63. The lowest BCUT2D eigenvalue weighted by molar-refractivity contribution is -0.119. The molecule has 0 saturated carbocycles. The van der Waals surface area contributed by atoms with Gasteiger partial charge >= 0.3 is 0 Å². The third-order valence-electron chi connectivity index (χ3n) is 4.54. The van der Waals surface area contributed by atoms with E-state index >= 15 is 0 Å². The van der Waals surface area contributed by atoms with E-state index < -0.39 is 0 Å². The van der Waals surface area contributed by atoms with Crippen molar-refractivity contribution >= 4 is 11.7 Å². The van der Waals surface area contributed by atoms with Gasteiger partial charge in [0, 0.05) is 30.2 Å². The molecule has 1 amide bonds. The number of hydrogen-bond donors (Lipinski definition) is 0. The fraction of sp³-hybridized carbons (Fsp3) is 0.0870. The molecule has 0 aliphatic rings. The van der Waals surface area contributed by atoms with Crippen molar-refractivity contribution in [3.05, 3.63) is 107 Å². The van der Waals surface area contributed by atoms with Crippen LogP contribution in [0, 0.1) is 0 Å². The molecule has 148 valence electrons. The second kappa shape index (κ2) is 8.91. The summed E-state index contributed by atoms with van der Waals surface area (Å²) in [5, 5.41) is 4.37. The van der Waals surface area contributed by atoms with Gasteiger partial charge in [-0.3, -0.25) is 19.5 Å². The van der Waals surface area contributed by atoms with Crippen molar-refractivity contribution in [2.24, 2.45) is 0 Å². The van der Waals surface area contributed by atoms with Gasteiger partial charge in [0.05, 0.1) is 12.2 Å². The molecule has 0 saturated heterocycles. The number of nitrogens with zero attached hydrogens (tertiary/aromatic N) is 5. The fourth-order valence-electron chi connectivity index (χ4n) is 3.03. The van der Waals surface area contributed by atoms with Gasteiger partial charge in [0.1, 0.15) is 12.4 Å². The number of hydrogen-bond acceptors (Lipinski definition) is 5. The Morgan fingerprint density at radius 1 is 0.867 bits per heavy atom. The summed E-state index contributed by atoms with van der Waals surface area (Å²) in [6, 6.07) is 21.7. The van der Waals surface area contributed by atoms with Gasteiger partial charge < -0.3 is 0 Å². The summed E-state index contributed by atoms with van der Waals surface area (Å²) >= 11 is 0. The van der Waals surface area contributed by atoms with E-state index in [1.165, 1.54) is 10.7 Å². The number of carbonyl (C=O) groups excluding carboxylic acids is 1.